The minimum atomic E-state index is 0.0160. The maximum absolute atomic E-state index is 11.5. The number of carbonyl (C=O) groups excluding carboxylic acids is 1. The van der Waals surface area contributed by atoms with Crippen molar-refractivity contribution in [2.75, 3.05) is 0 Å². The lowest BCUT2D eigenvalue weighted by atomic mass is 10.1. The molecule has 0 unspecified atom stereocenters. The highest BCUT2D eigenvalue weighted by atomic mass is 79.9. The predicted molar refractivity (Wildman–Crippen MR) is 70.0 cm³/mol. The second-order valence-electron chi connectivity index (χ2n) is 3.47. The fourth-order valence-electron chi connectivity index (χ4n) is 1.46. The second kappa shape index (κ2) is 4.47. The van der Waals surface area contributed by atoms with Crippen molar-refractivity contribution in [1.29, 1.82) is 0 Å². The van der Waals surface area contributed by atoms with Gasteiger partial charge in [0.1, 0.15) is 5.69 Å². The van der Waals surface area contributed by atoms with Crippen molar-refractivity contribution in [3.63, 3.8) is 0 Å². The summed E-state index contributed by atoms with van der Waals surface area (Å²) in [5.41, 5.74) is 1.61. The Morgan fingerprint density at radius 3 is 2.50 bits per heavy atom. The molecule has 0 amide bonds. The molecule has 82 valence electrons. The van der Waals surface area contributed by atoms with E-state index in [4.69, 9.17) is 0 Å². The Morgan fingerprint density at radius 2 is 1.94 bits per heavy atom. The number of ketones is 1. The quantitative estimate of drug-likeness (QED) is 0.781. The first-order valence-electron chi connectivity index (χ1n) is 4.82. The maximum atomic E-state index is 11.5. The van der Waals surface area contributed by atoms with E-state index in [2.05, 4.69) is 20.9 Å². The van der Waals surface area contributed by atoms with Crippen LogP contribution in [0.2, 0.25) is 0 Å². The van der Waals surface area contributed by atoms with E-state index in [0.29, 0.717) is 5.69 Å². The second-order valence-corrected chi connectivity index (χ2v) is 5.59. The molecule has 0 saturated heterocycles. The van der Waals surface area contributed by atoms with Crippen LogP contribution in [-0.4, -0.2) is 10.8 Å². The summed E-state index contributed by atoms with van der Waals surface area (Å²) < 4.78 is 1.03. The van der Waals surface area contributed by atoms with Gasteiger partial charge in [-0.15, -0.1) is 11.3 Å². The highest BCUT2D eigenvalue weighted by Crippen LogP contribution is 2.31. The average Bonchev–Trinajstić information content (AvgIpc) is 2.61. The third-order valence-electron chi connectivity index (χ3n) is 2.17. The monoisotopic (exact) mass is 295 g/mol. The summed E-state index contributed by atoms with van der Waals surface area (Å²) in [5.74, 6) is 0.0160. The van der Waals surface area contributed by atoms with Crippen molar-refractivity contribution < 1.29 is 4.79 Å². The van der Waals surface area contributed by atoms with E-state index in [0.717, 1.165) is 19.9 Å². The number of hydrogen-bond donors (Lipinski definition) is 0. The van der Waals surface area contributed by atoms with Gasteiger partial charge in [-0.25, -0.2) is 4.98 Å². The first-order chi connectivity index (χ1) is 7.58. The van der Waals surface area contributed by atoms with Gasteiger partial charge < -0.3 is 0 Å². The molecule has 2 aromatic rings. The zero-order valence-corrected chi connectivity index (χ0v) is 11.4. The summed E-state index contributed by atoms with van der Waals surface area (Å²) in [6, 6.07) is 7.91. The molecule has 1 aromatic carbocycles. The normalized spacial score (nSPS) is 10.4. The highest BCUT2D eigenvalue weighted by Gasteiger charge is 2.14. The van der Waals surface area contributed by atoms with Gasteiger partial charge in [0, 0.05) is 11.4 Å². The molecule has 0 atom stereocenters. The van der Waals surface area contributed by atoms with Gasteiger partial charge >= 0.3 is 0 Å². The lowest BCUT2D eigenvalue weighted by Crippen LogP contribution is -1.94. The molecule has 1 heterocycles. The van der Waals surface area contributed by atoms with Crippen LogP contribution in [-0.2, 0) is 0 Å². The van der Waals surface area contributed by atoms with Crippen molar-refractivity contribution in [2.24, 2.45) is 0 Å². The molecule has 0 fully saturated rings. The minimum Gasteiger partial charge on any atom is -0.293 e. The van der Waals surface area contributed by atoms with E-state index in [1.54, 1.807) is 18.3 Å². The fraction of sp³-hybridized carbons (Fsp3) is 0.167. The first-order valence-corrected chi connectivity index (χ1v) is 6.43. The van der Waals surface area contributed by atoms with Gasteiger partial charge in [0.15, 0.2) is 5.78 Å². The van der Waals surface area contributed by atoms with Gasteiger partial charge in [0.2, 0.25) is 0 Å². The van der Waals surface area contributed by atoms with Crippen LogP contribution in [0.15, 0.2) is 28.7 Å². The van der Waals surface area contributed by atoms with Gasteiger partial charge in [0.25, 0.3) is 0 Å². The number of halogens is 1. The molecule has 0 radical (unpaired) electrons. The number of benzene rings is 1. The number of aromatic nitrogens is 1. The summed E-state index contributed by atoms with van der Waals surface area (Å²) in [4.78, 5) is 16.7. The third kappa shape index (κ3) is 2.23. The number of Topliss-reactive ketones (excluding diaryl/α,β-unsaturated/α-hetero) is 1. The van der Waals surface area contributed by atoms with E-state index < -0.39 is 0 Å². The van der Waals surface area contributed by atoms with Crippen LogP contribution in [0.3, 0.4) is 0 Å². The Balaban J connectivity index is 2.55. The number of aryl methyl sites for hydroxylation is 1. The molecule has 2 rings (SSSR count). The maximum Gasteiger partial charge on any atom is 0.179 e. The van der Waals surface area contributed by atoms with Crippen molar-refractivity contribution in [2.45, 2.75) is 13.8 Å². The number of rotatable bonds is 2. The molecule has 0 bridgehead atoms. The molecule has 0 aliphatic carbocycles. The summed E-state index contributed by atoms with van der Waals surface area (Å²) in [6.07, 6.45) is 0. The number of hydrogen-bond acceptors (Lipinski definition) is 3. The smallest absolute Gasteiger partial charge is 0.179 e. The Labute approximate surface area is 106 Å². The van der Waals surface area contributed by atoms with Crippen molar-refractivity contribution in [3.8, 4) is 10.4 Å². The molecule has 1 aromatic heterocycles. The summed E-state index contributed by atoms with van der Waals surface area (Å²) in [5, 5.41) is 0.920. The standard InChI is InChI=1S/C12H10BrNOS/c1-7(15)11-12(16-8(2)14-11)9-3-5-10(13)6-4-9/h3-6H,1-2H3. The largest absolute Gasteiger partial charge is 0.293 e. The SMILES string of the molecule is CC(=O)c1nc(C)sc1-c1ccc(Br)cc1. The van der Waals surface area contributed by atoms with Crippen molar-refractivity contribution >= 4 is 33.0 Å². The van der Waals surface area contributed by atoms with Crippen molar-refractivity contribution in [1.82, 2.24) is 4.98 Å². The third-order valence-corrected chi connectivity index (χ3v) is 3.72. The molecule has 0 spiro atoms. The molecule has 0 N–H and O–H groups in total. The van der Waals surface area contributed by atoms with Crippen LogP contribution >= 0.6 is 27.3 Å². The van der Waals surface area contributed by atoms with Crippen LogP contribution in [0.1, 0.15) is 22.4 Å². The van der Waals surface area contributed by atoms with E-state index in [9.17, 15) is 4.79 Å². The Morgan fingerprint density at radius 1 is 1.31 bits per heavy atom. The molecule has 0 aliphatic heterocycles. The van der Waals surface area contributed by atoms with Crippen LogP contribution in [0, 0.1) is 6.92 Å². The summed E-state index contributed by atoms with van der Waals surface area (Å²) >= 11 is 4.95. The molecule has 2 nitrogen and oxygen atoms in total. The minimum absolute atomic E-state index is 0.0160. The average molecular weight is 296 g/mol. The molecular weight excluding hydrogens is 286 g/mol. The van der Waals surface area contributed by atoms with Crippen LogP contribution < -0.4 is 0 Å². The molecular formula is C12H10BrNOS. The van der Waals surface area contributed by atoms with E-state index in [-0.39, 0.29) is 5.78 Å². The zero-order chi connectivity index (χ0) is 11.7. The zero-order valence-electron chi connectivity index (χ0n) is 8.95. The van der Waals surface area contributed by atoms with E-state index >= 15 is 0 Å². The Bertz CT molecular complexity index is 530. The molecule has 4 heteroatoms. The van der Waals surface area contributed by atoms with Gasteiger partial charge in [-0.1, -0.05) is 28.1 Å². The van der Waals surface area contributed by atoms with Gasteiger partial charge in [0.05, 0.1) is 9.88 Å². The summed E-state index contributed by atoms with van der Waals surface area (Å²) in [7, 11) is 0. The number of thiazole rings is 1. The topological polar surface area (TPSA) is 30.0 Å². The van der Waals surface area contributed by atoms with E-state index in [1.165, 1.54) is 0 Å². The number of nitrogens with zero attached hydrogens (tertiary/aromatic N) is 1. The molecule has 0 aliphatic rings. The Kier molecular flexibility index (Phi) is 3.21. The molecule has 16 heavy (non-hydrogen) atoms. The van der Waals surface area contributed by atoms with Gasteiger partial charge in [-0.2, -0.15) is 0 Å². The molecule has 0 saturated carbocycles. The lowest BCUT2D eigenvalue weighted by Gasteiger charge is -1.99. The Hall–Kier alpha value is -1.00. The van der Waals surface area contributed by atoms with E-state index in [1.807, 2.05) is 31.2 Å². The van der Waals surface area contributed by atoms with Crippen LogP contribution in [0.5, 0.6) is 0 Å². The van der Waals surface area contributed by atoms with Crippen LogP contribution in [0.25, 0.3) is 10.4 Å². The van der Waals surface area contributed by atoms with Crippen molar-refractivity contribution in [3.05, 3.63) is 39.4 Å². The first kappa shape index (κ1) is 11.5. The lowest BCUT2D eigenvalue weighted by molar-refractivity contribution is 0.101. The number of carbonyl (C=O) groups is 1. The van der Waals surface area contributed by atoms with Gasteiger partial charge in [-0.3, -0.25) is 4.79 Å². The highest BCUT2D eigenvalue weighted by molar-refractivity contribution is 9.10. The summed E-state index contributed by atoms with van der Waals surface area (Å²) in [6.45, 7) is 3.47. The predicted octanol–water partition coefficient (Wildman–Crippen LogP) is 4.08. The van der Waals surface area contributed by atoms with Gasteiger partial charge in [-0.05, 0) is 24.6 Å². The fourth-order valence-corrected chi connectivity index (χ4v) is 2.70. The van der Waals surface area contributed by atoms with Crippen LogP contribution in [0.4, 0.5) is 0 Å².